The van der Waals surface area contributed by atoms with Gasteiger partial charge in [0.05, 0.1) is 11.0 Å². The average Bonchev–Trinajstić information content (AvgIpc) is 3.21. The van der Waals surface area contributed by atoms with Crippen molar-refractivity contribution in [3.8, 4) is 28.5 Å². The third-order valence-electron chi connectivity index (χ3n) is 4.54. The maximum Gasteiger partial charge on any atom is 0.173 e. The molecule has 0 atom stereocenters. The largest absolute Gasteiger partial charge is 0.504 e. The first-order chi connectivity index (χ1) is 13.5. The first kappa shape index (κ1) is 17.8. The molecule has 0 amide bonds. The summed E-state index contributed by atoms with van der Waals surface area (Å²) >= 11 is 0. The molecule has 0 radical (unpaired) electrons. The molecule has 0 unspecified atom stereocenters. The number of anilines is 1. The Morgan fingerprint density at radius 2 is 2.00 bits per heavy atom. The predicted molar refractivity (Wildman–Crippen MR) is 112 cm³/mol. The normalized spacial score (nSPS) is 11.1. The van der Waals surface area contributed by atoms with Gasteiger partial charge in [-0.25, -0.2) is 4.98 Å². The molecule has 0 aliphatic carbocycles. The molecular formula is C21H22N6O. The topological polar surface area (TPSA) is 105 Å². The van der Waals surface area contributed by atoms with Gasteiger partial charge in [0.15, 0.2) is 11.6 Å². The minimum Gasteiger partial charge on any atom is -0.504 e. The van der Waals surface area contributed by atoms with Crippen LogP contribution in [0.2, 0.25) is 0 Å². The van der Waals surface area contributed by atoms with Crippen LogP contribution < -0.4 is 11.1 Å². The summed E-state index contributed by atoms with van der Waals surface area (Å²) in [5.41, 5.74) is 12.0. The zero-order chi connectivity index (χ0) is 19.8. The molecule has 0 fully saturated rings. The van der Waals surface area contributed by atoms with Crippen molar-refractivity contribution >= 4 is 16.7 Å². The molecule has 142 valence electrons. The van der Waals surface area contributed by atoms with Crippen molar-refractivity contribution in [2.24, 2.45) is 12.8 Å². The Labute approximate surface area is 162 Å². The third-order valence-corrected chi connectivity index (χ3v) is 4.54. The molecule has 0 saturated carbocycles. The summed E-state index contributed by atoms with van der Waals surface area (Å²) in [6.07, 6.45) is 0. The third kappa shape index (κ3) is 3.12. The summed E-state index contributed by atoms with van der Waals surface area (Å²) in [5, 5.41) is 18.5. The zero-order valence-corrected chi connectivity index (χ0v) is 15.8. The van der Waals surface area contributed by atoms with Gasteiger partial charge in [-0.2, -0.15) is 5.10 Å². The Hall–Kier alpha value is -3.58. The van der Waals surface area contributed by atoms with E-state index < -0.39 is 0 Å². The van der Waals surface area contributed by atoms with Gasteiger partial charge in [-0.15, -0.1) is 0 Å². The van der Waals surface area contributed by atoms with Gasteiger partial charge in [0.2, 0.25) is 0 Å². The van der Waals surface area contributed by atoms with Crippen LogP contribution in [0.4, 0.5) is 5.69 Å². The first-order valence-electron chi connectivity index (χ1n) is 8.94. The molecular weight excluding hydrogens is 352 g/mol. The number of H-pyrrole nitrogens is 1. The van der Waals surface area contributed by atoms with Gasteiger partial charge in [-0.1, -0.05) is 24.8 Å². The number of hydrogen-bond donors (Lipinski definition) is 4. The predicted octanol–water partition coefficient (Wildman–Crippen LogP) is 3.74. The van der Waals surface area contributed by atoms with E-state index in [0.29, 0.717) is 23.8 Å². The number of benzene rings is 2. The Balaban J connectivity index is 1.74. The number of aromatic nitrogens is 4. The molecule has 7 nitrogen and oxygen atoms in total. The molecule has 5 N–H and O–H groups in total. The van der Waals surface area contributed by atoms with Crippen LogP contribution in [0.5, 0.6) is 5.75 Å². The van der Waals surface area contributed by atoms with Crippen molar-refractivity contribution in [3.63, 3.8) is 0 Å². The molecule has 2 heterocycles. The van der Waals surface area contributed by atoms with Crippen molar-refractivity contribution in [2.45, 2.75) is 13.5 Å². The van der Waals surface area contributed by atoms with Crippen LogP contribution in [0.15, 0.2) is 54.7 Å². The highest BCUT2D eigenvalue weighted by atomic mass is 16.3. The van der Waals surface area contributed by atoms with E-state index in [1.807, 2.05) is 49.4 Å². The van der Waals surface area contributed by atoms with E-state index in [1.165, 1.54) is 0 Å². The Morgan fingerprint density at radius 3 is 2.68 bits per heavy atom. The van der Waals surface area contributed by atoms with Crippen LogP contribution in [0.1, 0.15) is 12.5 Å². The average molecular weight is 374 g/mol. The van der Waals surface area contributed by atoms with Gasteiger partial charge >= 0.3 is 0 Å². The van der Waals surface area contributed by atoms with E-state index in [1.54, 1.807) is 11.7 Å². The summed E-state index contributed by atoms with van der Waals surface area (Å²) in [4.78, 5) is 7.85. The van der Waals surface area contributed by atoms with Gasteiger partial charge in [0.1, 0.15) is 11.4 Å². The number of nitrogens with one attached hydrogen (secondary N) is 2. The molecule has 4 aromatic rings. The maximum absolute atomic E-state index is 10.9. The van der Waals surface area contributed by atoms with Gasteiger partial charge < -0.3 is 21.1 Å². The maximum atomic E-state index is 10.9. The monoisotopic (exact) mass is 374 g/mol. The molecule has 0 spiro atoms. The number of aryl methyl sites for hydroxylation is 1. The quantitative estimate of drug-likeness (QED) is 0.426. The Morgan fingerprint density at radius 1 is 1.25 bits per heavy atom. The number of nitrogens with two attached hydrogens (primary N) is 1. The lowest BCUT2D eigenvalue weighted by atomic mass is 10.1. The van der Waals surface area contributed by atoms with Crippen molar-refractivity contribution in [2.75, 3.05) is 5.32 Å². The van der Waals surface area contributed by atoms with E-state index in [0.717, 1.165) is 33.5 Å². The Kier molecular flexibility index (Phi) is 4.37. The molecule has 7 heteroatoms. The lowest BCUT2D eigenvalue weighted by Gasteiger charge is -2.05. The Bertz CT molecular complexity index is 1170. The first-order valence-corrected chi connectivity index (χ1v) is 8.94. The minimum atomic E-state index is 0.0845. The SMILES string of the molecule is C=C(C)Nc1ccc(-c2nn(C)c(-c3nc4ccc(CN)cc4[nH]3)c2O)cc1. The van der Waals surface area contributed by atoms with E-state index in [2.05, 4.69) is 27.0 Å². The number of allylic oxidation sites excluding steroid dienone is 1. The summed E-state index contributed by atoms with van der Waals surface area (Å²) in [6.45, 7) is 6.20. The zero-order valence-electron chi connectivity index (χ0n) is 15.8. The van der Waals surface area contributed by atoms with E-state index in [9.17, 15) is 5.11 Å². The highest BCUT2D eigenvalue weighted by Gasteiger charge is 2.21. The lowest BCUT2D eigenvalue weighted by Crippen LogP contribution is -1.95. The van der Waals surface area contributed by atoms with Crippen molar-refractivity contribution in [1.82, 2.24) is 19.7 Å². The van der Waals surface area contributed by atoms with E-state index >= 15 is 0 Å². The van der Waals surface area contributed by atoms with Crippen molar-refractivity contribution in [3.05, 3.63) is 60.3 Å². The second kappa shape index (κ2) is 6.86. The minimum absolute atomic E-state index is 0.0845. The molecule has 0 aliphatic rings. The smallest absolute Gasteiger partial charge is 0.173 e. The highest BCUT2D eigenvalue weighted by molar-refractivity contribution is 5.83. The number of hydrogen-bond acceptors (Lipinski definition) is 5. The second-order valence-corrected chi connectivity index (χ2v) is 6.79. The fourth-order valence-electron chi connectivity index (χ4n) is 3.23. The molecule has 4 rings (SSSR count). The van der Waals surface area contributed by atoms with Crippen LogP contribution in [-0.4, -0.2) is 24.9 Å². The fraction of sp³-hybridized carbons (Fsp3) is 0.143. The highest BCUT2D eigenvalue weighted by Crippen LogP contribution is 2.37. The number of imidazole rings is 1. The van der Waals surface area contributed by atoms with Gasteiger partial charge in [-0.05, 0) is 36.8 Å². The molecule has 0 bridgehead atoms. The van der Waals surface area contributed by atoms with Crippen LogP contribution in [-0.2, 0) is 13.6 Å². The van der Waals surface area contributed by atoms with Crippen LogP contribution in [0, 0.1) is 0 Å². The fourth-order valence-corrected chi connectivity index (χ4v) is 3.23. The van der Waals surface area contributed by atoms with E-state index in [-0.39, 0.29) is 5.75 Å². The standard InChI is InChI=1S/C21H22N6O/c1-12(2)23-15-7-5-14(6-8-15)18-20(28)19(27(3)26-18)21-24-16-9-4-13(11-22)10-17(16)25-21/h4-10,23,28H,1,11,22H2,2-3H3,(H,24,25). The number of aromatic hydroxyl groups is 1. The molecule has 2 aromatic heterocycles. The van der Waals surface area contributed by atoms with Crippen molar-refractivity contribution < 1.29 is 5.11 Å². The number of nitrogens with zero attached hydrogens (tertiary/aromatic N) is 3. The number of aromatic amines is 1. The van der Waals surface area contributed by atoms with E-state index in [4.69, 9.17) is 5.73 Å². The van der Waals surface area contributed by atoms with Gasteiger partial charge in [0.25, 0.3) is 0 Å². The lowest BCUT2D eigenvalue weighted by molar-refractivity contribution is 0.478. The summed E-state index contributed by atoms with van der Waals surface area (Å²) in [5.74, 6) is 0.643. The molecule has 2 aromatic carbocycles. The summed E-state index contributed by atoms with van der Waals surface area (Å²) in [6, 6.07) is 13.5. The summed E-state index contributed by atoms with van der Waals surface area (Å²) in [7, 11) is 1.79. The van der Waals surface area contributed by atoms with Crippen LogP contribution in [0.3, 0.4) is 0 Å². The molecule has 0 aliphatic heterocycles. The van der Waals surface area contributed by atoms with Gasteiger partial charge in [-0.3, -0.25) is 4.68 Å². The number of fused-ring (bicyclic) bond motifs is 1. The number of rotatable bonds is 5. The van der Waals surface area contributed by atoms with Crippen LogP contribution in [0.25, 0.3) is 33.8 Å². The van der Waals surface area contributed by atoms with Crippen molar-refractivity contribution in [1.29, 1.82) is 0 Å². The van der Waals surface area contributed by atoms with Crippen LogP contribution >= 0.6 is 0 Å². The second-order valence-electron chi connectivity index (χ2n) is 6.79. The van der Waals surface area contributed by atoms with Gasteiger partial charge in [0, 0.05) is 30.5 Å². The molecule has 28 heavy (non-hydrogen) atoms. The summed E-state index contributed by atoms with van der Waals surface area (Å²) < 4.78 is 1.63. The molecule has 0 saturated heterocycles.